The molecule has 0 aliphatic rings. The molecule has 0 atom stereocenters. The Kier molecular flexibility index (Phi) is 3.87. The highest BCUT2D eigenvalue weighted by molar-refractivity contribution is 6.17. The molecule has 0 saturated heterocycles. The highest BCUT2D eigenvalue weighted by Crippen LogP contribution is 2.23. The first-order valence-corrected chi connectivity index (χ1v) is 6.11. The molecule has 2 heteroatoms. The minimum absolute atomic E-state index is 0.511. The summed E-state index contributed by atoms with van der Waals surface area (Å²) >= 11 is 11.7. The first kappa shape index (κ1) is 11.5. The molecule has 81 valence electrons. The van der Waals surface area contributed by atoms with Crippen molar-refractivity contribution in [3.05, 3.63) is 59.7 Å². The molecule has 0 aromatic heterocycles. The van der Waals surface area contributed by atoms with Gasteiger partial charge in [0.1, 0.15) is 0 Å². The second-order valence-corrected chi connectivity index (χ2v) is 4.13. The van der Waals surface area contributed by atoms with Gasteiger partial charge in [0.15, 0.2) is 0 Å². The number of alkyl halides is 2. The van der Waals surface area contributed by atoms with E-state index in [1.54, 1.807) is 0 Å². The number of hydrogen-bond acceptors (Lipinski definition) is 0. The molecule has 0 bridgehead atoms. The summed E-state index contributed by atoms with van der Waals surface area (Å²) in [7, 11) is 0. The van der Waals surface area contributed by atoms with E-state index in [1.807, 2.05) is 30.3 Å². The van der Waals surface area contributed by atoms with Gasteiger partial charge in [-0.15, -0.1) is 23.2 Å². The van der Waals surface area contributed by atoms with E-state index in [0.717, 1.165) is 22.3 Å². The third kappa shape index (κ3) is 2.58. The van der Waals surface area contributed by atoms with Crippen molar-refractivity contribution in [3.63, 3.8) is 0 Å². The van der Waals surface area contributed by atoms with Crippen molar-refractivity contribution in [3.8, 4) is 11.1 Å². The van der Waals surface area contributed by atoms with Crippen LogP contribution >= 0.6 is 23.2 Å². The van der Waals surface area contributed by atoms with Crippen molar-refractivity contribution in [2.75, 3.05) is 0 Å². The van der Waals surface area contributed by atoms with Gasteiger partial charge in [0.2, 0.25) is 0 Å². The second-order valence-electron chi connectivity index (χ2n) is 3.59. The first-order chi connectivity index (χ1) is 7.83. The Bertz CT molecular complexity index is 441. The van der Waals surface area contributed by atoms with E-state index in [1.165, 1.54) is 0 Å². The fraction of sp³-hybridized carbons (Fsp3) is 0.143. The normalized spacial score (nSPS) is 10.4. The van der Waals surface area contributed by atoms with E-state index in [9.17, 15) is 0 Å². The first-order valence-electron chi connectivity index (χ1n) is 5.05. The van der Waals surface area contributed by atoms with Gasteiger partial charge in [-0.05, 0) is 40.5 Å². The molecule has 0 saturated carbocycles. The molecule has 1 radical (unpaired) electrons. The van der Waals surface area contributed by atoms with Crippen molar-refractivity contribution in [2.24, 2.45) is 0 Å². The maximum absolute atomic E-state index is 5.87. The number of rotatable bonds is 3. The highest BCUT2D eigenvalue weighted by Gasteiger charge is 2.02. The molecule has 0 N–H and O–H groups in total. The summed E-state index contributed by atoms with van der Waals surface area (Å²) < 4.78 is 0. The molecular weight excluding hydrogens is 239 g/mol. The molecule has 2 aromatic carbocycles. The third-order valence-corrected chi connectivity index (χ3v) is 3.03. The minimum atomic E-state index is 0.511. The van der Waals surface area contributed by atoms with Crippen LogP contribution in [-0.4, -0.2) is 0 Å². The van der Waals surface area contributed by atoms with Gasteiger partial charge < -0.3 is 0 Å². The zero-order valence-corrected chi connectivity index (χ0v) is 10.2. The lowest BCUT2D eigenvalue weighted by molar-refractivity contribution is 1.32. The number of halogens is 2. The van der Waals surface area contributed by atoms with Gasteiger partial charge in [-0.1, -0.05) is 30.3 Å². The second kappa shape index (κ2) is 5.38. The highest BCUT2D eigenvalue weighted by atomic mass is 35.5. The lowest BCUT2D eigenvalue weighted by Gasteiger charge is -2.06. The Labute approximate surface area is 106 Å². The smallest absolute Gasteiger partial charge is 0.0474 e. The predicted molar refractivity (Wildman–Crippen MR) is 69.8 cm³/mol. The Morgan fingerprint density at radius 3 is 1.88 bits per heavy atom. The van der Waals surface area contributed by atoms with Crippen LogP contribution in [0.1, 0.15) is 11.1 Å². The zero-order chi connectivity index (χ0) is 11.4. The van der Waals surface area contributed by atoms with E-state index in [0.29, 0.717) is 11.8 Å². The monoisotopic (exact) mass is 249 g/mol. The fourth-order valence-electron chi connectivity index (χ4n) is 1.66. The van der Waals surface area contributed by atoms with Crippen LogP contribution in [0, 0.1) is 6.07 Å². The molecule has 0 heterocycles. The lowest BCUT2D eigenvalue weighted by atomic mass is 10.0. The fourth-order valence-corrected chi connectivity index (χ4v) is 1.97. The van der Waals surface area contributed by atoms with Crippen LogP contribution < -0.4 is 0 Å². The summed E-state index contributed by atoms with van der Waals surface area (Å²) in [5.74, 6) is 1.02. The van der Waals surface area contributed by atoms with Crippen molar-refractivity contribution in [1.82, 2.24) is 0 Å². The van der Waals surface area contributed by atoms with Crippen LogP contribution in [0.2, 0.25) is 0 Å². The van der Waals surface area contributed by atoms with Crippen LogP contribution in [0.3, 0.4) is 0 Å². The summed E-state index contributed by atoms with van der Waals surface area (Å²) in [5.41, 5.74) is 4.52. The maximum Gasteiger partial charge on any atom is 0.0474 e. The predicted octanol–water partition coefficient (Wildman–Crippen LogP) is 4.63. The maximum atomic E-state index is 5.87. The third-order valence-electron chi connectivity index (χ3n) is 2.41. The SMILES string of the molecule is ClCc1cc(CCl)cc(-c2cc[c]cc2)c1. The van der Waals surface area contributed by atoms with E-state index >= 15 is 0 Å². The minimum Gasteiger partial charge on any atom is -0.122 e. The Hall–Kier alpha value is -0.980. The molecule has 0 aliphatic carbocycles. The quantitative estimate of drug-likeness (QED) is 0.696. The van der Waals surface area contributed by atoms with Gasteiger partial charge >= 0.3 is 0 Å². The summed E-state index contributed by atoms with van der Waals surface area (Å²) in [6, 6.07) is 17.1. The summed E-state index contributed by atoms with van der Waals surface area (Å²) in [4.78, 5) is 0. The zero-order valence-electron chi connectivity index (χ0n) is 8.71. The Morgan fingerprint density at radius 1 is 0.812 bits per heavy atom. The lowest BCUT2D eigenvalue weighted by Crippen LogP contribution is -1.87. The van der Waals surface area contributed by atoms with Crippen molar-refractivity contribution >= 4 is 23.2 Å². The summed E-state index contributed by atoms with van der Waals surface area (Å²) in [5, 5.41) is 0. The molecule has 0 fully saturated rings. The van der Waals surface area contributed by atoms with Crippen molar-refractivity contribution < 1.29 is 0 Å². The average molecular weight is 250 g/mol. The van der Waals surface area contributed by atoms with Crippen molar-refractivity contribution in [2.45, 2.75) is 11.8 Å². The van der Waals surface area contributed by atoms with Gasteiger partial charge in [-0.3, -0.25) is 0 Å². The Morgan fingerprint density at radius 2 is 1.38 bits per heavy atom. The molecule has 0 unspecified atom stereocenters. The van der Waals surface area contributed by atoms with Crippen LogP contribution in [0.15, 0.2) is 42.5 Å². The van der Waals surface area contributed by atoms with Gasteiger partial charge in [0, 0.05) is 11.8 Å². The molecule has 0 aliphatic heterocycles. The van der Waals surface area contributed by atoms with Crippen LogP contribution in [0.4, 0.5) is 0 Å². The van der Waals surface area contributed by atoms with Crippen LogP contribution in [0.25, 0.3) is 11.1 Å². The van der Waals surface area contributed by atoms with Gasteiger partial charge in [0.05, 0.1) is 0 Å². The van der Waals surface area contributed by atoms with Crippen molar-refractivity contribution in [1.29, 1.82) is 0 Å². The molecule has 16 heavy (non-hydrogen) atoms. The van der Waals surface area contributed by atoms with Gasteiger partial charge in [0.25, 0.3) is 0 Å². The van der Waals surface area contributed by atoms with E-state index in [-0.39, 0.29) is 0 Å². The van der Waals surface area contributed by atoms with Gasteiger partial charge in [-0.2, -0.15) is 0 Å². The van der Waals surface area contributed by atoms with E-state index < -0.39 is 0 Å². The molecule has 2 aromatic rings. The molecule has 0 spiro atoms. The van der Waals surface area contributed by atoms with E-state index in [2.05, 4.69) is 18.2 Å². The molecule has 2 rings (SSSR count). The molecule has 0 amide bonds. The van der Waals surface area contributed by atoms with Crippen LogP contribution in [0.5, 0.6) is 0 Å². The number of hydrogen-bond donors (Lipinski definition) is 0. The van der Waals surface area contributed by atoms with E-state index in [4.69, 9.17) is 23.2 Å². The Balaban J connectivity index is 2.48. The standard InChI is InChI=1S/C14H11Cl2/c15-9-11-6-12(10-16)8-14(7-11)13-4-2-1-3-5-13/h2-8H,9-10H2. The molecule has 0 nitrogen and oxygen atoms in total. The van der Waals surface area contributed by atoms with Gasteiger partial charge in [-0.25, -0.2) is 0 Å². The topological polar surface area (TPSA) is 0 Å². The van der Waals surface area contributed by atoms with Crippen LogP contribution in [-0.2, 0) is 11.8 Å². The largest absolute Gasteiger partial charge is 0.122 e. The number of benzene rings is 2. The molecular formula is C14H11Cl2. The summed E-state index contributed by atoms with van der Waals surface area (Å²) in [6.45, 7) is 0. The average Bonchev–Trinajstić information content (AvgIpc) is 2.39. The summed E-state index contributed by atoms with van der Waals surface area (Å²) in [6.07, 6.45) is 0.